The molecule has 1 N–H and O–H groups in total. The fourth-order valence-corrected chi connectivity index (χ4v) is 2.21. The first-order valence-electron chi connectivity index (χ1n) is 5.74. The Hall–Kier alpha value is -1.44. The Labute approximate surface area is 100 Å². The van der Waals surface area contributed by atoms with Crippen molar-refractivity contribution in [1.29, 1.82) is 5.26 Å². The SMILES string of the molecule is N#Cc1ccc(F)c(CN2CCC(CO)C2)c1. The highest BCUT2D eigenvalue weighted by Gasteiger charge is 2.22. The highest BCUT2D eigenvalue weighted by Crippen LogP contribution is 2.20. The molecule has 1 saturated heterocycles. The molecule has 0 bridgehead atoms. The summed E-state index contributed by atoms with van der Waals surface area (Å²) in [6, 6.07) is 6.44. The third-order valence-corrected chi connectivity index (χ3v) is 3.20. The van der Waals surface area contributed by atoms with Gasteiger partial charge >= 0.3 is 0 Å². The minimum atomic E-state index is -0.267. The van der Waals surface area contributed by atoms with Crippen molar-refractivity contribution in [3.63, 3.8) is 0 Å². The molecule has 2 rings (SSSR count). The van der Waals surface area contributed by atoms with Crippen LogP contribution in [0.1, 0.15) is 17.5 Å². The van der Waals surface area contributed by atoms with E-state index < -0.39 is 0 Å². The molecule has 1 aromatic rings. The lowest BCUT2D eigenvalue weighted by Crippen LogP contribution is -2.21. The highest BCUT2D eigenvalue weighted by atomic mass is 19.1. The van der Waals surface area contributed by atoms with Gasteiger partial charge in [0, 0.05) is 25.3 Å². The number of nitriles is 1. The molecule has 1 heterocycles. The van der Waals surface area contributed by atoms with Gasteiger partial charge in [0.2, 0.25) is 0 Å². The van der Waals surface area contributed by atoms with E-state index in [-0.39, 0.29) is 12.4 Å². The molecule has 3 nitrogen and oxygen atoms in total. The van der Waals surface area contributed by atoms with Crippen molar-refractivity contribution in [2.24, 2.45) is 5.92 Å². The zero-order valence-corrected chi connectivity index (χ0v) is 9.56. The number of hydrogen-bond donors (Lipinski definition) is 1. The molecule has 1 fully saturated rings. The molecule has 1 aliphatic rings. The maximum Gasteiger partial charge on any atom is 0.127 e. The molecule has 1 aromatic carbocycles. The van der Waals surface area contributed by atoms with Gasteiger partial charge in [0.1, 0.15) is 5.82 Å². The first-order valence-corrected chi connectivity index (χ1v) is 5.74. The van der Waals surface area contributed by atoms with Crippen LogP contribution in [-0.4, -0.2) is 29.7 Å². The molecule has 1 atom stereocenters. The molecule has 17 heavy (non-hydrogen) atoms. The van der Waals surface area contributed by atoms with E-state index in [0.717, 1.165) is 19.5 Å². The predicted molar refractivity (Wildman–Crippen MR) is 61.6 cm³/mol. The standard InChI is InChI=1S/C13H15FN2O/c14-13-2-1-10(6-15)5-12(13)8-16-4-3-11(7-16)9-17/h1-2,5,11,17H,3-4,7-9H2. The number of halogens is 1. The van der Waals surface area contributed by atoms with E-state index in [4.69, 9.17) is 10.4 Å². The Morgan fingerprint density at radius 3 is 3.00 bits per heavy atom. The van der Waals surface area contributed by atoms with Crippen LogP contribution in [0.4, 0.5) is 4.39 Å². The fourth-order valence-electron chi connectivity index (χ4n) is 2.21. The zero-order chi connectivity index (χ0) is 12.3. The van der Waals surface area contributed by atoms with Gasteiger partial charge in [-0.05, 0) is 37.1 Å². The second-order valence-electron chi connectivity index (χ2n) is 4.49. The summed E-state index contributed by atoms with van der Waals surface area (Å²) in [5.41, 5.74) is 1.04. The van der Waals surface area contributed by atoms with Crippen LogP contribution >= 0.6 is 0 Å². The van der Waals surface area contributed by atoms with Crippen molar-refractivity contribution in [2.75, 3.05) is 19.7 Å². The van der Waals surface area contributed by atoms with Crippen LogP contribution in [0.2, 0.25) is 0 Å². The first kappa shape index (κ1) is 12.0. The third kappa shape index (κ3) is 2.82. The molecular formula is C13H15FN2O. The van der Waals surface area contributed by atoms with Crippen molar-refractivity contribution < 1.29 is 9.50 Å². The topological polar surface area (TPSA) is 47.3 Å². The summed E-state index contributed by atoms with van der Waals surface area (Å²) in [6.07, 6.45) is 0.954. The van der Waals surface area contributed by atoms with Crippen LogP contribution in [0.3, 0.4) is 0 Å². The summed E-state index contributed by atoms with van der Waals surface area (Å²) in [5.74, 6) is 0.0358. The quantitative estimate of drug-likeness (QED) is 0.862. The monoisotopic (exact) mass is 234 g/mol. The summed E-state index contributed by atoms with van der Waals surface area (Å²) < 4.78 is 13.6. The Bertz CT molecular complexity index is 442. The van der Waals surface area contributed by atoms with Crippen LogP contribution in [0, 0.1) is 23.1 Å². The van der Waals surface area contributed by atoms with Crippen LogP contribution in [-0.2, 0) is 6.54 Å². The van der Waals surface area contributed by atoms with Crippen LogP contribution in [0.15, 0.2) is 18.2 Å². The van der Waals surface area contributed by atoms with E-state index in [2.05, 4.69) is 4.90 Å². The lowest BCUT2D eigenvalue weighted by Gasteiger charge is -2.16. The van der Waals surface area contributed by atoms with Crippen molar-refractivity contribution in [1.82, 2.24) is 4.90 Å². The van der Waals surface area contributed by atoms with E-state index in [1.165, 1.54) is 12.1 Å². The van der Waals surface area contributed by atoms with Crippen molar-refractivity contribution in [3.8, 4) is 6.07 Å². The van der Waals surface area contributed by atoms with Crippen molar-refractivity contribution >= 4 is 0 Å². The molecule has 1 unspecified atom stereocenters. The maximum absolute atomic E-state index is 13.6. The molecule has 0 amide bonds. The second-order valence-corrected chi connectivity index (χ2v) is 4.49. The highest BCUT2D eigenvalue weighted by molar-refractivity contribution is 5.33. The summed E-state index contributed by atoms with van der Waals surface area (Å²) in [7, 11) is 0. The maximum atomic E-state index is 13.6. The summed E-state index contributed by atoms with van der Waals surface area (Å²) >= 11 is 0. The molecule has 90 valence electrons. The van der Waals surface area contributed by atoms with Gasteiger partial charge < -0.3 is 5.11 Å². The third-order valence-electron chi connectivity index (χ3n) is 3.20. The Kier molecular flexibility index (Phi) is 3.72. The molecule has 0 spiro atoms. The lowest BCUT2D eigenvalue weighted by atomic mass is 10.1. The Morgan fingerprint density at radius 2 is 2.35 bits per heavy atom. The summed E-state index contributed by atoms with van der Waals surface area (Å²) in [5, 5.41) is 17.8. The summed E-state index contributed by atoms with van der Waals surface area (Å²) in [4.78, 5) is 2.11. The molecule has 0 aliphatic carbocycles. The van der Waals surface area contributed by atoms with E-state index >= 15 is 0 Å². The number of likely N-dealkylation sites (tertiary alicyclic amines) is 1. The van der Waals surface area contributed by atoms with Gasteiger partial charge in [0.05, 0.1) is 11.6 Å². The van der Waals surface area contributed by atoms with Gasteiger partial charge in [-0.2, -0.15) is 5.26 Å². The van der Waals surface area contributed by atoms with E-state index in [0.29, 0.717) is 23.6 Å². The van der Waals surface area contributed by atoms with E-state index in [9.17, 15) is 4.39 Å². The Balaban J connectivity index is 2.06. The number of aliphatic hydroxyl groups excluding tert-OH is 1. The van der Waals surface area contributed by atoms with E-state index in [1.807, 2.05) is 6.07 Å². The number of aliphatic hydroxyl groups is 1. The molecule has 4 heteroatoms. The minimum Gasteiger partial charge on any atom is -0.396 e. The van der Waals surface area contributed by atoms with Gasteiger partial charge in [-0.3, -0.25) is 4.90 Å². The average Bonchev–Trinajstić information content (AvgIpc) is 2.80. The van der Waals surface area contributed by atoms with Crippen molar-refractivity contribution in [2.45, 2.75) is 13.0 Å². The molecule has 0 saturated carbocycles. The van der Waals surface area contributed by atoms with Crippen LogP contribution < -0.4 is 0 Å². The fraction of sp³-hybridized carbons (Fsp3) is 0.462. The molecule has 1 aliphatic heterocycles. The van der Waals surface area contributed by atoms with Crippen LogP contribution in [0.25, 0.3) is 0 Å². The van der Waals surface area contributed by atoms with Crippen molar-refractivity contribution in [3.05, 3.63) is 35.1 Å². The average molecular weight is 234 g/mol. The molecular weight excluding hydrogens is 219 g/mol. The predicted octanol–water partition coefficient (Wildman–Crippen LogP) is 1.51. The van der Waals surface area contributed by atoms with Gasteiger partial charge in [0.25, 0.3) is 0 Å². The largest absolute Gasteiger partial charge is 0.396 e. The number of nitrogens with zero attached hydrogens (tertiary/aromatic N) is 2. The van der Waals surface area contributed by atoms with E-state index in [1.54, 1.807) is 6.07 Å². The van der Waals surface area contributed by atoms with Gasteiger partial charge in [-0.25, -0.2) is 4.39 Å². The molecule has 0 aromatic heterocycles. The number of hydrogen-bond acceptors (Lipinski definition) is 3. The van der Waals surface area contributed by atoms with Gasteiger partial charge in [-0.15, -0.1) is 0 Å². The van der Waals surface area contributed by atoms with Crippen LogP contribution in [0.5, 0.6) is 0 Å². The zero-order valence-electron chi connectivity index (χ0n) is 9.56. The normalized spacial score (nSPS) is 20.4. The Morgan fingerprint density at radius 1 is 1.53 bits per heavy atom. The lowest BCUT2D eigenvalue weighted by molar-refractivity contribution is 0.219. The number of rotatable bonds is 3. The molecule has 0 radical (unpaired) electrons. The first-order chi connectivity index (χ1) is 8.22. The second kappa shape index (κ2) is 5.26. The smallest absolute Gasteiger partial charge is 0.127 e. The minimum absolute atomic E-state index is 0.192. The van der Waals surface area contributed by atoms with Gasteiger partial charge in [-0.1, -0.05) is 0 Å². The van der Waals surface area contributed by atoms with Gasteiger partial charge in [0.15, 0.2) is 0 Å². The number of benzene rings is 1. The summed E-state index contributed by atoms with van der Waals surface area (Å²) in [6.45, 7) is 2.38.